The highest BCUT2D eigenvalue weighted by Crippen LogP contribution is 2.43. The van der Waals surface area contributed by atoms with E-state index in [0.717, 1.165) is 33.5 Å². The van der Waals surface area contributed by atoms with E-state index < -0.39 is 0 Å². The van der Waals surface area contributed by atoms with Crippen LogP contribution in [0.15, 0.2) is 231 Å². The Morgan fingerprint density at radius 3 is 1.62 bits per heavy atom. The van der Waals surface area contributed by atoms with Crippen LogP contribution in [0.25, 0.3) is 103 Å². The van der Waals surface area contributed by atoms with Gasteiger partial charge >= 0.3 is 0 Å². The van der Waals surface area contributed by atoms with E-state index in [-0.39, 0.29) is 0 Å². The highest BCUT2D eigenvalue weighted by Gasteiger charge is 2.21. The Kier molecular flexibility index (Phi) is 9.13. The summed E-state index contributed by atoms with van der Waals surface area (Å²) in [6.45, 7) is 0. The van der Waals surface area contributed by atoms with Gasteiger partial charge in [-0.2, -0.15) is 0 Å². The molecule has 0 spiro atoms. The lowest BCUT2D eigenvalue weighted by molar-refractivity contribution is 1.02. The number of aromatic nitrogens is 2. The van der Waals surface area contributed by atoms with Crippen LogP contribution in [0.5, 0.6) is 0 Å². The van der Waals surface area contributed by atoms with Gasteiger partial charge in [0.05, 0.1) is 11.0 Å². The molecule has 3 heterocycles. The van der Waals surface area contributed by atoms with Crippen LogP contribution in [0, 0.1) is 0 Å². The Balaban J connectivity index is 1.13. The molecule has 9 aromatic carbocycles. The van der Waals surface area contributed by atoms with Gasteiger partial charge in [0.25, 0.3) is 0 Å². The maximum Gasteiger partial charge on any atom is 0.141 e. The summed E-state index contributed by atoms with van der Waals surface area (Å²) < 4.78 is 5.03. The third kappa shape index (κ3) is 6.71. The van der Waals surface area contributed by atoms with Gasteiger partial charge in [0.2, 0.25) is 0 Å². The fourth-order valence-corrected chi connectivity index (χ4v) is 10.6. The third-order valence-electron chi connectivity index (χ3n) is 12.4. The zero-order valence-corrected chi connectivity index (χ0v) is 35.3. The molecule has 63 heavy (non-hydrogen) atoms. The van der Waals surface area contributed by atoms with E-state index >= 15 is 0 Å². The van der Waals surface area contributed by atoms with Gasteiger partial charge < -0.3 is 0 Å². The zero-order valence-electron chi connectivity index (χ0n) is 34.4. The van der Waals surface area contributed by atoms with Gasteiger partial charge in [-0.15, -0.1) is 11.3 Å². The lowest BCUT2D eigenvalue weighted by atomic mass is 9.90. The van der Waals surface area contributed by atoms with E-state index in [0.29, 0.717) is 6.42 Å². The van der Waals surface area contributed by atoms with Crippen molar-refractivity contribution in [3.8, 4) is 61.5 Å². The maximum absolute atomic E-state index is 5.59. The van der Waals surface area contributed by atoms with Gasteiger partial charge in [-0.3, -0.25) is 4.57 Å². The SMILES string of the molecule is c1ccc(-c2cc(Cc3cc(-c4cc(-c5ccccc5)ccc4-c4ccccc4)cnc3-n3c4ccccc4c4cc5sc6ccccc6c5cc43)cc(-c3ccccc3)c2)cc1. The number of nitrogens with zero attached hydrogens (tertiary/aromatic N) is 2. The van der Waals surface area contributed by atoms with E-state index in [1.54, 1.807) is 0 Å². The lowest BCUT2D eigenvalue weighted by Crippen LogP contribution is -2.05. The highest BCUT2D eigenvalue weighted by atomic mass is 32.1. The van der Waals surface area contributed by atoms with Crippen molar-refractivity contribution in [3.05, 3.63) is 242 Å². The Morgan fingerprint density at radius 2 is 0.937 bits per heavy atom. The first-order valence-corrected chi connectivity index (χ1v) is 22.4. The standard InChI is InChI=1S/C60H40N2S/c1-5-17-41(18-6-1)45-29-30-50(44-23-11-4-12-24-44)53(36-45)49-35-48(33-40-31-46(42-19-7-2-8-20-42)34-47(32-40)43-21-9-3-10-22-43)60(61-39-49)62-56-27-15-13-25-51(56)54-38-59-55(37-57(54)62)52-26-14-16-28-58(52)63-59/h1-32,34-39H,33H2. The Bertz CT molecular complexity index is 3570. The van der Waals surface area contributed by atoms with Crippen molar-refractivity contribution in [1.82, 2.24) is 9.55 Å². The monoisotopic (exact) mass is 820 g/mol. The van der Waals surface area contributed by atoms with Crippen LogP contribution < -0.4 is 0 Å². The van der Waals surface area contributed by atoms with Crippen molar-refractivity contribution in [2.75, 3.05) is 0 Å². The summed E-state index contributed by atoms with van der Waals surface area (Å²) >= 11 is 1.87. The normalized spacial score (nSPS) is 11.6. The summed E-state index contributed by atoms with van der Waals surface area (Å²) in [6, 6.07) is 81.7. The summed E-state index contributed by atoms with van der Waals surface area (Å²) in [5.41, 5.74) is 16.4. The molecular weight excluding hydrogens is 781 g/mol. The van der Waals surface area contributed by atoms with Gasteiger partial charge in [0, 0.05) is 54.7 Å². The van der Waals surface area contributed by atoms with Crippen molar-refractivity contribution >= 4 is 53.3 Å². The van der Waals surface area contributed by atoms with Crippen molar-refractivity contribution in [1.29, 1.82) is 0 Å². The highest BCUT2D eigenvalue weighted by molar-refractivity contribution is 7.25. The molecular formula is C60H40N2S. The Hall–Kier alpha value is -7.85. The molecule has 0 bridgehead atoms. The van der Waals surface area contributed by atoms with Gasteiger partial charge in [0.1, 0.15) is 5.82 Å². The van der Waals surface area contributed by atoms with Gasteiger partial charge in [0.15, 0.2) is 0 Å². The summed E-state index contributed by atoms with van der Waals surface area (Å²) in [5, 5.41) is 5.03. The van der Waals surface area contributed by atoms with E-state index in [9.17, 15) is 0 Å². The molecule has 0 saturated heterocycles. The molecule has 0 amide bonds. The minimum atomic E-state index is 0.674. The van der Waals surface area contributed by atoms with Crippen LogP contribution in [0.2, 0.25) is 0 Å². The largest absolute Gasteiger partial charge is 0.294 e. The van der Waals surface area contributed by atoms with Crippen LogP contribution in [-0.4, -0.2) is 9.55 Å². The molecule has 0 aliphatic rings. The summed E-state index contributed by atoms with van der Waals surface area (Å²) in [6.07, 6.45) is 2.78. The second-order valence-electron chi connectivity index (χ2n) is 16.3. The molecule has 0 radical (unpaired) electrons. The van der Waals surface area contributed by atoms with E-state index in [4.69, 9.17) is 4.98 Å². The first-order chi connectivity index (χ1) is 31.2. The smallest absolute Gasteiger partial charge is 0.141 e. The minimum Gasteiger partial charge on any atom is -0.294 e. The van der Waals surface area contributed by atoms with E-state index in [1.165, 1.54) is 81.0 Å². The number of thiophene rings is 1. The zero-order chi connectivity index (χ0) is 41.7. The van der Waals surface area contributed by atoms with Crippen molar-refractivity contribution < 1.29 is 0 Å². The summed E-state index contributed by atoms with van der Waals surface area (Å²) in [5.74, 6) is 0.940. The molecule has 0 saturated carbocycles. The molecule has 0 fully saturated rings. The molecule has 0 atom stereocenters. The molecule has 12 rings (SSSR count). The van der Waals surface area contributed by atoms with E-state index in [2.05, 4.69) is 235 Å². The fraction of sp³-hybridized carbons (Fsp3) is 0.0167. The molecule has 3 aromatic heterocycles. The fourth-order valence-electron chi connectivity index (χ4n) is 9.47. The number of fused-ring (bicyclic) bond motifs is 6. The minimum absolute atomic E-state index is 0.674. The van der Waals surface area contributed by atoms with Crippen molar-refractivity contribution in [2.45, 2.75) is 6.42 Å². The molecule has 0 aliphatic heterocycles. The maximum atomic E-state index is 5.59. The molecule has 0 aliphatic carbocycles. The number of hydrogen-bond acceptors (Lipinski definition) is 2. The first-order valence-electron chi connectivity index (χ1n) is 21.6. The first kappa shape index (κ1) is 37.0. The van der Waals surface area contributed by atoms with E-state index in [1.807, 2.05) is 11.3 Å². The van der Waals surface area contributed by atoms with Crippen LogP contribution in [-0.2, 0) is 6.42 Å². The number of hydrogen-bond donors (Lipinski definition) is 0. The number of rotatable bonds is 8. The molecule has 0 N–H and O–H groups in total. The van der Waals surface area contributed by atoms with Gasteiger partial charge in [-0.05, 0) is 98.1 Å². The van der Waals surface area contributed by atoms with Gasteiger partial charge in [-0.1, -0.05) is 182 Å². The quantitative estimate of drug-likeness (QED) is 0.149. The average molecular weight is 821 g/mol. The van der Waals surface area contributed by atoms with Crippen LogP contribution in [0.1, 0.15) is 11.1 Å². The molecule has 2 nitrogen and oxygen atoms in total. The number of pyridine rings is 1. The van der Waals surface area contributed by atoms with Crippen LogP contribution >= 0.6 is 11.3 Å². The second kappa shape index (κ2) is 15.6. The van der Waals surface area contributed by atoms with Gasteiger partial charge in [-0.25, -0.2) is 4.98 Å². The summed E-state index contributed by atoms with van der Waals surface area (Å²) in [7, 11) is 0. The predicted molar refractivity (Wildman–Crippen MR) is 268 cm³/mol. The Morgan fingerprint density at radius 1 is 0.349 bits per heavy atom. The number of para-hydroxylation sites is 1. The Labute approximate surface area is 370 Å². The lowest BCUT2D eigenvalue weighted by Gasteiger charge is -2.18. The molecule has 296 valence electrons. The van der Waals surface area contributed by atoms with Crippen LogP contribution in [0.4, 0.5) is 0 Å². The predicted octanol–water partition coefficient (Wildman–Crippen LogP) is 16.5. The molecule has 0 unspecified atom stereocenters. The molecule has 12 aromatic rings. The second-order valence-corrected chi connectivity index (χ2v) is 17.4. The topological polar surface area (TPSA) is 17.8 Å². The summed E-state index contributed by atoms with van der Waals surface area (Å²) in [4.78, 5) is 5.59. The average Bonchev–Trinajstić information content (AvgIpc) is 3.88. The van der Waals surface area contributed by atoms with Crippen molar-refractivity contribution in [2.24, 2.45) is 0 Å². The number of benzene rings is 9. The van der Waals surface area contributed by atoms with Crippen LogP contribution in [0.3, 0.4) is 0 Å². The van der Waals surface area contributed by atoms with Crippen molar-refractivity contribution in [3.63, 3.8) is 0 Å². The third-order valence-corrected chi connectivity index (χ3v) is 13.6. The molecule has 3 heteroatoms.